The maximum absolute atomic E-state index is 12.0. The summed E-state index contributed by atoms with van der Waals surface area (Å²) in [6.45, 7) is 5.70. The van der Waals surface area contributed by atoms with E-state index in [2.05, 4.69) is 89.5 Å². The van der Waals surface area contributed by atoms with Crippen molar-refractivity contribution in [2.75, 3.05) is 77.6 Å². The number of anilines is 2. The molecule has 0 atom stereocenters. The number of hydrogen-bond donors (Lipinski definition) is 3. The molecule has 0 saturated carbocycles. The van der Waals surface area contributed by atoms with Gasteiger partial charge in [0.1, 0.15) is 21.7 Å². The second-order valence-corrected chi connectivity index (χ2v) is 26.4. The summed E-state index contributed by atoms with van der Waals surface area (Å²) in [5.41, 5.74) is 14.6. The molecule has 544 valence electrons. The number of ether oxygens (including phenoxy) is 2. The van der Waals surface area contributed by atoms with E-state index in [9.17, 15) is 23.9 Å². The Morgan fingerprint density at radius 3 is 1.13 bits per heavy atom. The minimum Gasteiger partial charge on any atom is -0.870 e. The molecule has 106 heavy (non-hydrogen) atoms. The van der Waals surface area contributed by atoms with Crippen molar-refractivity contribution in [3.63, 3.8) is 0 Å². The molecule has 3 aliphatic heterocycles. The maximum Gasteiger partial charge on any atom is 1.00 e. The van der Waals surface area contributed by atoms with Gasteiger partial charge in [-0.3, -0.25) is 4.39 Å². The summed E-state index contributed by atoms with van der Waals surface area (Å²) >= 11 is 21.8. The summed E-state index contributed by atoms with van der Waals surface area (Å²) in [7, 11) is 2.73. The number of aliphatic hydroxyl groups is 1. The average Bonchev–Trinajstić information content (AvgIpc) is 0.780. The minimum absolute atomic E-state index is 0. The molecule has 12 aromatic rings. The van der Waals surface area contributed by atoms with Gasteiger partial charge in [0.25, 0.3) is 0 Å². The second kappa shape index (κ2) is 41.9. The fourth-order valence-electron chi connectivity index (χ4n) is 12.8. The number of carboxylic acid groups (broad SMARTS) is 1. The molecule has 23 heteroatoms. The van der Waals surface area contributed by atoms with Gasteiger partial charge in [-0.05, 0) is 193 Å². The van der Waals surface area contributed by atoms with Crippen LogP contribution in [-0.4, -0.2) is 131 Å². The minimum atomic E-state index is -1.00. The quantitative estimate of drug-likeness (QED) is 0.0806. The molecule has 3 aromatic heterocycles. The number of halogens is 5. The zero-order valence-corrected chi connectivity index (χ0v) is 64.4. The number of carboxylic acids is 1. The normalized spacial score (nSPS) is 13.5. The van der Waals surface area contributed by atoms with Crippen molar-refractivity contribution in [2.24, 2.45) is 0 Å². The number of rotatable bonds is 11. The molecule has 0 radical (unpaired) electrons. The van der Waals surface area contributed by atoms with Crippen LogP contribution in [0.3, 0.4) is 0 Å². The Balaban J connectivity index is 0.000000201. The van der Waals surface area contributed by atoms with E-state index in [4.69, 9.17) is 70.7 Å². The number of hydrogen-bond acceptors (Lipinski definition) is 16. The van der Waals surface area contributed by atoms with Crippen molar-refractivity contribution >= 4 is 113 Å². The Labute approximate surface area is 664 Å². The van der Waals surface area contributed by atoms with Gasteiger partial charge in [0.05, 0.1) is 72.5 Å². The molecular weight excluding hydrogens is 1480 g/mol. The maximum atomic E-state index is 12.0. The van der Waals surface area contributed by atoms with E-state index in [1.54, 1.807) is 48.5 Å². The third-order valence-electron chi connectivity index (χ3n) is 18.0. The van der Waals surface area contributed by atoms with Crippen molar-refractivity contribution < 1.29 is 74.9 Å². The number of nitrogens with zero attached hydrogens (tertiary/aromatic N) is 8. The van der Waals surface area contributed by atoms with Gasteiger partial charge in [0.15, 0.2) is 11.6 Å². The molecule has 3 saturated heterocycles. The first-order chi connectivity index (χ1) is 50.7. The SMILES string of the molecule is C.CO.COC(=O)c1ccc2nc(-c3ccccc3)c(Br)nc2c1.COC(=O)c1ccc2nc(-c3ccccc3)c(N3CCC(c4cccc(Cl)c4)CC3)nc2c1.Clc1cccc(C2CCNCC2)c1.O=C(O)c1ccc2nc(-c3ccccc3)c(N3CCC(c4cccc(Cl)c4)CC3)nc2c1.[2H]CF.[Na+].[OH-]. The van der Waals surface area contributed by atoms with Crippen molar-refractivity contribution in [3.05, 3.63) is 271 Å². The fraction of sp³-hybridized carbons (Fsp3) is 0.241. The van der Waals surface area contributed by atoms with Crippen molar-refractivity contribution in [2.45, 2.75) is 63.7 Å². The number of piperidine rings is 3. The monoisotopic (exact) mass is 1560 g/mol. The number of carbonyl (C=O) groups is 3. The number of nitrogens with one attached hydrogen (secondary N) is 1. The smallest absolute Gasteiger partial charge is 0.870 e. The Morgan fingerprint density at radius 1 is 0.462 bits per heavy atom. The summed E-state index contributed by atoms with van der Waals surface area (Å²) < 4.78 is 25.7. The molecule has 6 heterocycles. The van der Waals surface area contributed by atoms with Crippen LogP contribution in [0.1, 0.15) is 113 Å². The molecule has 0 bridgehead atoms. The van der Waals surface area contributed by atoms with E-state index in [0.29, 0.717) is 55.6 Å². The predicted octanol–water partition coefficient (Wildman–Crippen LogP) is 16.5. The number of methoxy groups -OCH3 is 2. The van der Waals surface area contributed by atoms with Crippen LogP contribution >= 0.6 is 50.7 Å². The summed E-state index contributed by atoms with van der Waals surface area (Å²) in [4.78, 5) is 68.5. The molecule has 3 fully saturated rings. The molecule has 17 nitrogen and oxygen atoms in total. The summed E-state index contributed by atoms with van der Waals surface area (Å²) in [6.07, 6.45) is 6.47. The van der Waals surface area contributed by atoms with E-state index in [-0.39, 0.29) is 60.0 Å². The van der Waals surface area contributed by atoms with Gasteiger partial charge in [-0.2, -0.15) is 0 Å². The molecular formula is C83H83BrCl3FN9NaO8. The fourth-order valence-corrected chi connectivity index (χ4v) is 13.9. The molecule has 3 aliphatic rings. The Kier molecular flexibility index (Phi) is 32.7. The number of aromatic carboxylic acids is 1. The topological polar surface area (TPSA) is 236 Å². The van der Waals surface area contributed by atoms with E-state index in [0.717, 1.165) is 144 Å². The summed E-state index contributed by atoms with van der Waals surface area (Å²) in [5.74, 6) is 1.55. The number of alkyl halides is 1. The number of fused-ring (bicyclic) bond motifs is 3. The van der Waals surface area contributed by atoms with Gasteiger partial charge in [-0.1, -0.05) is 170 Å². The third-order valence-corrected chi connectivity index (χ3v) is 19.3. The van der Waals surface area contributed by atoms with Gasteiger partial charge in [-0.25, -0.2) is 44.3 Å². The van der Waals surface area contributed by atoms with Crippen LogP contribution < -0.4 is 44.7 Å². The van der Waals surface area contributed by atoms with Gasteiger partial charge >= 0.3 is 47.5 Å². The molecule has 0 aliphatic carbocycles. The molecule has 4 N–H and O–H groups in total. The van der Waals surface area contributed by atoms with E-state index in [1.807, 2.05) is 121 Å². The molecule has 9 aromatic carbocycles. The van der Waals surface area contributed by atoms with E-state index in [1.165, 1.54) is 43.8 Å². The first kappa shape index (κ1) is 82.8. The van der Waals surface area contributed by atoms with Gasteiger partial charge < -0.3 is 40.3 Å². The van der Waals surface area contributed by atoms with E-state index < -0.39 is 13.1 Å². The van der Waals surface area contributed by atoms with E-state index >= 15 is 0 Å². The summed E-state index contributed by atoms with van der Waals surface area (Å²) in [5, 5.41) is 22.2. The van der Waals surface area contributed by atoms with Gasteiger partial charge in [0.2, 0.25) is 0 Å². The van der Waals surface area contributed by atoms with Gasteiger partial charge in [-0.15, -0.1) is 0 Å². The van der Waals surface area contributed by atoms with Crippen LogP contribution in [0.15, 0.2) is 223 Å². The molecule has 0 amide bonds. The second-order valence-electron chi connectivity index (χ2n) is 24.4. The number of aromatic nitrogens is 6. The van der Waals surface area contributed by atoms with Crippen LogP contribution in [0.5, 0.6) is 0 Å². The van der Waals surface area contributed by atoms with Crippen LogP contribution in [0.4, 0.5) is 16.0 Å². The molecule has 0 unspecified atom stereocenters. The third kappa shape index (κ3) is 21.9. The van der Waals surface area contributed by atoms with Crippen molar-refractivity contribution in [3.8, 4) is 33.8 Å². The van der Waals surface area contributed by atoms with Gasteiger partial charge in [0, 0.05) is 65.0 Å². The average molecular weight is 1560 g/mol. The van der Waals surface area contributed by atoms with Crippen LogP contribution in [0.25, 0.3) is 66.9 Å². The standard InChI is InChI=1S/C27H24ClN3O2.C26H22ClN3O2.C16H11BrN2O2.C11H14ClN.CH3F.CH4O.CH4.Na.H2O/c1-33-27(32)21-10-11-23-24(17-21)30-26(25(29-23)19-6-3-2-4-7-19)31-14-12-18(13-15-31)20-8-5-9-22(28)16-20;27-21-8-4-7-19(15-21)17-11-13-30(14-12-17)25-24(18-5-2-1-3-6-18)28-22-10-9-20(26(31)32)16-23(22)29-25;1-21-16(20)11-7-8-12-13(9-11)19-15(17)14(18-12)10-5-3-2-4-6-10;12-11-3-1-2-10(8-11)9-4-6-13-7-5-9;2*1-2;;;/h2-11,16-18H,12-15H2,1H3;1-10,15-17H,11-14H2,(H,31,32);2-9H,1H3;1-3,8-9,13H,4-7H2;1H3;2H,1H3;1H4;;1H2/q;;;;;;;+1;/p-1/i;;;;1D;;;;. The zero-order valence-electron chi connectivity index (χ0n) is 59.6. The van der Waals surface area contributed by atoms with Crippen LogP contribution in [0, 0.1) is 0 Å². The number of aliphatic hydroxyl groups excluding tert-OH is 1. The zero-order chi connectivity index (χ0) is 73.5. The van der Waals surface area contributed by atoms with Crippen LogP contribution in [-0.2, 0) is 9.47 Å². The Morgan fingerprint density at radius 2 is 0.783 bits per heavy atom. The number of carbonyl (C=O) groups excluding carboxylic acids is 2. The van der Waals surface area contributed by atoms with Crippen molar-refractivity contribution in [1.82, 2.24) is 35.2 Å². The molecule has 15 rings (SSSR count). The number of benzene rings is 9. The Bertz CT molecular complexity index is 4880. The largest absolute Gasteiger partial charge is 1.00 e. The van der Waals surface area contributed by atoms with Crippen LogP contribution in [0.2, 0.25) is 15.1 Å². The first-order valence-electron chi connectivity index (χ1n) is 34.3. The summed E-state index contributed by atoms with van der Waals surface area (Å²) in [6, 6.07) is 69.8. The van der Waals surface area contributed by atoms with Crippen molar-refractivity contribution in [1.29, 1.82) is 0 Å². The predicted molar refractivity (Wildman–Crippen MR) is 424 cm³/mol. The Hall–Kier alpha value is -8.83. The first-order valence-corrected chi connectivity index (χ1v) is 35.5. The number of esters is 2. The molecule has 0 spiro atoms.